The Hall–Kier alpha value is -1.69. The van der Waals surface area contributed by atoms with Crippen LogP contribution in [0, 0.1) is 12.7 Å². The monoisotopic (exact) mass is 363 g/mol. The number of nitrogens with zero attached hydrogens (tertiary/aromatic N) is 1. The van der Waals surface area contributed by atoms with Crippen LogP contribution in [0.1, 0.15) is 11.1 Å². The van der Waals surface area contributed by atoms with E-state index >= 15 is 0 Å². The van der Waals surface area contributed by atoms with Gasteiger partial charge in [-0.3, -0.25) is 9.69 Å². The van der Waals surface area contributed by atoms with E-state index in [9.17, 15) is 9.18 Å². The average molecular weight is 364 g/mol. The molecule has 116 valence electrons. The number of hydrogen-bond donors (Lipinski definition) is 0. The zero-order valence-corrected chi connectivity index (χ0v) is 14.4. The molecule has 1 heterocycles. The van der Waals surface area contributed by atoms with Gasteiger partial charge in [0.15, 0.2) is 4.32 Å². The van der Waals surface area contributed by atoms with Gasteiger partial charge < -0.3 is 0 Å². The van der Waals surface area contributed by atoms with Crippen molar-refractivity contribution in [2.24, 2.45) is 0 Å². The summed E-state index contributed by atoms with van der Waals surface area (Å²) in [6.07, 6.45) is 1.45. The van der Waals surface area contributed by atoms with E-state index in [0.29, 0.717) is 9.23 Å². The summed E-state index contributed by atoms with van der Waals surface area (Å²) in [7, 11) is 0. The first-order valence-electron chi connectivity index (χ1n) is 6.76. The number of anilines is 1. The lowest BCUT2D eigenvalue weighted by Gasteiger charge is -2.16. The van der Waals surface area contributed by atoms with Crippen LogP contribution < -0.4 is 4.90 Å². The Morgan fingerprint density at radius 3 is 2.65 bits per heavy atom. The van der Waals surface area contributed by atoms with Gasteiger partial charge in [-0.25, -0.2) is 4.39 Å². The minimum absolute atomic E-state index is 0.194. The molecule has 1 amide bonds. The maximum atomic E-state index is 13.9. The van der Waals surface area contributed by atoms with Crippen LogP contribution in [0.4, 0.5) is 10.1 Å². The number of thioether (sulfide) groups is 1. The van der Waals surface area contributed by atoms with E-state index < -0.39 is 5.82 Å². The van der Waals surface area contributed by atoms with Gasteiger partial charge in [0.1, 0.15) is 5.82 Å². The van der Waals surface area contributed by atoms with Crippen LogP contribution in [0.5, 0.6) is 0 Å². The lowest BCUT2D eigenvalue weighted by atomic mass is 10.1. The van der Waals surface area contributed by atoms with Crippen LogP contribution in [-0.2, 0) is 4.79 Å². The van der Waals surface area contributed by atoms with E-state index in [4.69, 9.17) is 23.8 Å². The second-order valence-corrected chi connectivity index (χ2v) is 7.02. The molecule has 3 rings (SSSR count). The number of hydrogen-bond acceptors (Lipinski definition) is 3. The lowest BCUT2D eigenvalue weighted by molar-refractivity contribution is -0.113. The molecule has 0 bridgehead atoms. The molecular formula is C17H11ClFNOS2. The highest BCUT2D eigenvalue weighted by Gasteiger charge is 2.34. The Kier molecular flexibility index (Phi) is 4.53. The summed E-state index contributed by atoms with van der Waals surface area (Å²) < 4.78 is 14.3. The summed E-state index contributed by atoms with van der Waals surface area (Å²) in [4.78, 5) is 14.5. The van der Waals surface area contributed by atoms with Gasteiger partial charge in [-0.2, -0.15) is 0 Å². The maximum Gasteiger partial charge on any atom is 0.270 e. The summed E-state index contributed by atoms with van der Waals surface area (Å²) in [6, 6.07) is 11.9. The zero-order valence-electron chi connectivity index (χ0n) is 12.0. The van der Waals surface area contributed by atoms with Gasteiger partial charge in [-0.15, -0.1) is 0 Å². The normalized spacial score (nSPS) is 16.5. The molecule has 0 saturated carbocycles. The standard InChI is InChI=1S/C17H11ClFNOS2/c1-10-5-2-3-8-14(10)20-16(21)15(23-17(20)22)9-11-12(18)6-4-7-13(11)19/h2-9H,1H3/b15-9+. The summed E-state index contributed by atoms with van der Waals surface area (Å²) >= 11 is 12.5. The highest BCUT2D eigenvalue weighted by Crippen LogP contribution is 2.38. The van der Waals surface area contributed by atoms with Crippen LogP contribution in [-0.4, -0.2) is 10.2 Å². The highest BCUT2D eigenvalue weighted by molar-refractivity contribution is 8.27. The van der Waals surface area contributed by atoms with Crippen molar-refractivity contribution in [3.05, 3.63) is 69.3 Å². The van der Waals surface area contributed by atoms with Crippen molar-refractivity contribution in [3.63, 3.8) is 0 Å². The minimum atomic E-state index is -0.473. The molecule has 2 nitrogen and oxygen atoms in total. The molecule has 1 aliphatic rings. The largest absolute Gasteiger partial charge is 0.270 e. The number of thiocarbonyl (C=S) groups is 1. The fraction of sp³-hybridized carbons (Fsp3) is 0.0588. The van der Waals surface area contributed by atoms with Crippen molar-refractivity contribution in [1.29, 1.82) is 0 Å². The average Bonchev–Trinajstić information content (AvgIpc) is 2.78. The van der Waals surface area contributed by atoms with Crippen LogP contribution in [0.3, 0.4) is 0 Å². The Balaban J connectivity index is 2.02. The van der Waals surface area contributed by atoms with E-state index in [1.54, 1.807) is 6.07 Å². The molecule has 0 N–H and O–H groups in total. The Morgan fingerprint density at radius 1 is 1.22 bits per heavy atom. The smallest absolute Gasteiger partial charge is 0.268 e. The van der Waals surface area contributed by atoms with Crippen LogP contribution in [0.2, 0.25) is 5.02 Å². The second-order valence-electron chi connectivity index (χ2n) is 4.94. The van der Waals surface area contributed by atoms with E-state index in [2.05, 4.69) is 0 Å². The minimum Gasteiger partial charge on any atom is -0.268 e. The van der Waals surface area contributed by atoms with Gasteiger partial charge in [-0.1, -0.05) is 59.8 Å². The number of carbonyl (C=O) groups excluding carboxylic acids is 1. The molecule has 2 aromatic carbocycles. The summed E-state index contributed by atoms with van der Waals surface area (Å²) in [5.41, 5.74) is 1.87. The van der Waals surface area contributed by atoms with Crippen molar-refractivity contribution >= 4 is 57.6 Å². The first-order chi connectivity index (χ1) is 11.0. The number of aryl methyl sites for hydroxylation is 1. The molecule has 6 heteroatoms. The van der Waals surface area contributed by atoms with Gasteiger partial charge in [0.2, 0.25) is 0 Å². The molecule has 0 aromatic heterocycles. The molecule has 0 spiro atoms. The number of rotatable bonds is 2. The van der Waals surface area contributed by atoms with E-state index in [1.807, 2.05) is 31.2 Å². The Labute approximate surface area is 147 Å². The maximum absolute atomic E-state index is 13.9. The fourth-order valence-electron chi connectivity index (χ4n) is 2.27. The number of para-hydroxylation sites is 1. The molecule has 0 atom stereocenters. The molecule has 1 fully saturated rings. The molecule has 23 heavy (non-hydrogen) atoms. The topological polar surface area (TPSA) is 20.3 Å². The van der Waals surface area contributed by atoms with Crippen LogP contribution in [0.15, 0.2) is 47.4 Å². The Morgan fingerprint density at radius 2 is 1.96 bits per heavy atom. The predicted octanol–water partition coefficient (Wildman–Crippen LogP) is 5.19. The van der Waals surface area contributed by atoms with Crippen molar-refractivity contribution in [2.45, 2.75) is 6.92 Å². The van der Waals surface area contributed by atoms with Crippen molar-refractivity contribution < 1.29 is 9.18 Å². The molecular weight excluding hydrogens is 353 g/mol. The highest BCUT2D eigenvalue weighted by atomic mass is 35.5. The fourth-order valence-corrected chi connectivity index (χ4v) is 3.75. The van der Waals surface area contributed by atoms with Gasteiger partial charge in [0.25, 0.3) is 5.91 Å². The lowest BCUT2D eigenvalue weighted by Crippen LogP contribution is -2.28. The molecule has 2 aromatic rings. The van der Waals surface area contributed by atoms with E-state index in [0.717, 1.165) is 23.0 Å². The van der Waals surface area contributed by atoms with Gasteiger partial charge in [0.05, 0.1) is 15.6 Å². The van der Waals surface area contributed by atoms with Crippen LogP contribution in [0.25, 0.3) is 6.08 Å². The third-order valence-electron chi connectivity index (χ3n) is 3.43. The van der Waals surface area contributed by atoms with E-state index in [1.165, 1.54) is 23.1 Å². The molecule has 1 saturated heterocycles. The summed E-state index contributed by atoms with van der Waals surface area (Å²) in [6.45, 7) is 1.91. The number of amides is 1. The van der Waals surface area contributed by atoms with Gasteiger partial charge in [-0.05, 0) is 36.8 Å². The van der Waals surface area contributed by atoms with Gasteiger partial charge in [0, 0.05) is 5.56 Å². The number of benzene rings is 2. The summed E-state index contributed by atoms with van der Waals surface area (Å²) in [5, 5.41) is 0.256. The third-order valence-corrected chi connectivity index (χ3v) is 5.06. The first kappa shape index (κ1) is 16.2. The third kappa shape index (κ3) is 3.04. The predicted molar refractivity (Wildman–Crippen MR) is 98.2 cm³/mol. The molecule has 1 aliphatic heterocycles. The zero-order chi connectivity index (χ0) is 16.6. The molecule has 0 aliphatic carbocycles. The quantitative estimate of drug-likeness (QED) is 0.540. The SMILES string of the molecule is Cc1ccccc1N1C(=O)/C(=C\c2c(F)cccc2Cl)SC1=S. The van der Waals surface area contributed by atoms with Crippen molar-refractivity contribution in [3.8, 4) is 0 Å². The molecule has 0 radical (unpaired) electrons. The Bertz CT molecular complexity index is 830. The van der Waals surface area contributed by atoms with Crippen LogP contribution >= 0.6 is 35.6 Å². The number of carbonyl (C=O) groups is 1. The van der Waals surface area contributed by atoms with Crippen molar-refractivity contribution in [2.75, 3.05) is 4.90 Å². The number of halogens is 2. The molecule has 0 unspecified atom stereocenters. The van der Waals surface area contributed by atoms with Gasteiger partial charge >= 0.3 is 0 Å². The van der Waals surface area contributed by atoms with Crippen molar-refractivity contribution in [1.82, 2.24) is 0 Å². The second kappa shape index (κ2) is 6.43. The summed E-state index contributed by atoms with van der Waals surface area (Å²) in [5.74, 6) is -0.743. The van der Waals surface area contributed by atoms with E-state index in [-0.39, 0.29) is 16.5 Å². The first-order valence-corrected chi connectivity index (χ1v) is 8.37.